The quantitative estimate of drug-likeness (QED) is 0.354. The van der Waals surface area contributed by atoms with Crippen molar-refractivity contribution in [1.29, 1.82) is 0 Å². The summed E-state index contributed by atoms with van der Waals surface area (Å²) in [6.45, 7) is 4.80. The zero-order valence-electron chi connectivity index (χ0n) is 11.6. The van der Waals surface area contributed by atoms with Crippen LogP contribution in [0.15, 0.2) is 23.7 Å². The van der Waals surface area contributed by atoms with E-state index in [4.69, 9.17) is 10.9 Å². The van der Waals surface area contributed by atoms with Crippen LogP contribution in [0.1, 0.15) is 44.2 Å². The smallest absolute Gasteiger partial charge is 0.219 e. The molecule has 0 atom stereocenters. The molecule has 0 bridgehead atoms. The normalized spacial score (nSPS) is 12.2. The van der Waals surface area contributed by atoms with E-state index in [0.29, 0.717) is 12.6 Å². The van der Waals surface area contributed by atoms with Crippen LogP contribution < -0.4 is 5.73 Å². The summed E-state index contributed by atoms with van der Waals surface area (Å²) in [6, 6.07) is 2.38. The molecule has 0 amide bonds. The fraction of sp³-hybridized carbons (Fsp3) is 0.500. The number of nitrogens with two attached hydrogens (primary N) is 1. The summed E-state index contributed by atoms with van der Waals surface area (Å²) in [4.78, 5) is 3.96. The van der Waals surface area contributed by atoms with Crippen molar-refractivity contribution in [1.82, 2.24) is 24.5 Å². The lowest BCUT2D eigenvalue weighted by atomic mass is 10.2. The number of amidine groups is 1. The fourth-order valence-corrected chi connectivity index (χ4v) is 2.03. The summed E-state index contributed by atoms with van der Waals surface area (Å²) in [5.74, 6) is 0.0956. The Kier molecular flexibility index (Phi) is 4.34. The number of hydrogen-bond acceptors (Lipinski definition) is 5. The van der Waals surface area contributed by atoms with E-state index in [1.807, 2.05) is 16.9 Å². The Morgan fingerprint density at radius 2 is 2.15 bits per heavy atom. The van der Waals surface area contributed by atoms with E-state index in [1.165, 1.54) is 6.33 Å². The summed E-state index contributed by atoms with van der Waals surface area (Å²) >= 11 is 0. The molecule has 0 radical (unpaired) electrons. The van der Waals surface area contributed by atoms with Gasteiger partial charge < -0.3 is 10.9 Å². The lowest BCUT2D eigenvalue weighted by Crippen LogP contribution is -2.16. The second-order valence-electron chi connectivity index (χ2n) is 4.51. The van der Waals surface area contributed by atoms with Crippen LogP contribution in [0.2, 0.25) is 0 Å². The third-order valence-corrected chi connectivity index (χ3v) is 3.18. The molecule has 2 heterocycles. The minimum absolute atomic E-state index is 0.105. The van der Waals surface area contributed by atoms with Crippen molar-refractivity contribution in [2.75, 3.05) is 0 Å². The second kappa shape index (κ2) is 6.18. The maximum absolute atomic E-state index is 8.56. The summed E-state index contributed by atoms with van der Waals surface area (Å²) in [5.41, 5.74) is 6.32. The molecule has 108 valence electrons. The van der Waals surface area contributed by atoms with Gasteiger partial charge in [-0.05, 0) is 18.9 Å². The van der Waals surface area contributed by atoms with Crippen molar-refractivity contribution in [3.8, 4) is 0 Å². The summed E-state index contributed by atoms with van der Waals surface area (Å²) < 4.78 is 3.59. The molecule has 2 aromatic rings. The van der Waals surface area contributed by atoms with E-state index in [9.17, 15) is 0 Å². The van der Waals surface area contributed by atoms with Gasteiger partial charge in [-0.1, -0.05) is 19.0 Å². The van der Waals surface area contributed by atoms with Crippen LogP contribution in [0, 0.1) is 0 Å². The van der Waals surface area contributed by atoms with Crippen LogP contribution in [-0.4, -0.2) is 35.6 Å². The first kappa shape index (κ1) is 14.0. The molecule has 2 rings (SSSR count). The predicted molar refractivity (Wildman–Crippen MR) is 73.5 cm³/mol. The predicted octanol–water partition coefficient (Wildman–Crippen LogP) is 0.978. The highest BCUT2D eigenvalue weighted by Crippen LogP contribution is 2.14. The lowest BCUT2D eigenvalue weighted by molar-refractivity contribution is 0.318. The molecule has 0 saturated heterocycles. The van der Waals surface area contributed by atoms with Crippen molar-refractivity contribution in [3.05, 3.63) is 30.1 Å². The van der Waals surface area contributed by atoms with E-state index in [0.717, 1.165) is 18.5 Å². The van der Waals surface area contributed by atoms with Crippen LogP contribution in [0.4, 0.5) is 0 Å². The Morgan fingerprint density at radius 1 is 1.40 bits per heavy atom. The van der Waals surface area contributed by atoms with Gasteiger partial charge in [-0.2, -0.15) is 5.10 Å². The fourth-order valence-electron chi connectivity index (χ4n) is 2.03. The second-order valence-corrected chi connectivity index (χ2v) is 4.51. The van der Waals surface area contributed by atoms with Crippen LogP contribution >= 0.6 is 0 Å². The topological polar surface area (TPSA) is 107 Å². The van der Waals surface area contributed by atoms with Gasteiger partial charge in [-0.3, -0.25) is 4.68 Å². The largest absolute Gasteiger partial charge is 0.409 e. The van der Waals surface area contributed by atoms with Crippen LogP contribution in [-0.2, 0) is 6.54 Å². The Hall–Kier alpha value is -2.38. The van der Waals surface area contributed by atoms with E-state index in [1.54, 1.807) is 4.68 Å². The van der Waals surface area contributed by atoms with Gasteiger partial charge in [0.2, 0.25) is 11.7 Å². The summed E-state index contributed by atoms with van der Waals surface area (Å²) in [7, 11) is 0. The highest BCUT2D eigenvalue weighted by molar-refractivity contribution is 5.93. The van der Waals surface area contributed by atoms with E-state index < -0.39 is 0 Å². The number of rotatable bonds is 6. The van der Waals surface area contributed by atoms with Gasteiger partial charge in [0.1, 0.15) is 6.33 Å². The van der Waals surface area contributed by atoms with Gasteiger partial charge in [-0.15, -0.1) is 5.10 Å². The third-order valence-electron chi connectivity index (χ3n) is 3.18. The Labute approximate surface area is 116 Å². The van der Waals surface area contributed by atoms with Gasteiger partial charge in [0.05, 0.1) is 18.3 Å². The maximum atomic E-state index is 8.56. The van der Waals surface area contributed by atoms with Gasteiger partial charge in [-0.25, -0.2) is 9.67 Å². The molecule has 0 fully saturated rings. The van der Waals surface area contributed by atoms with Gasteiger partial charge in [0.15, 0.2) is 0 Å². The van der Waals surface area contributed by atoms with Crippen molar-refractivity contribution < 1.29 is 5.21 Å². The Balaban J connectivity index is 2.09. The molecule has 0 spiro atoms. The molecule has 0 aromatic carbocycles. The van der Waals surface area contributed by atoms with Crippen molar-refractivity contribution >= 4 is 5.84 Å². The molecule has 3 N–H and O–H groups in total. The van der Waals surface area contributed by atoms with Gasteiger partial charge in [0, 0.05) is 6.20 Å². The zero-order valence-corrected chi connectivity index (χ0v) is 11.6. The van der Waals surface area contributed by atoms with E-state index in [-0.39, 0.29) is 11.7 Å². The average molecular weight is 277 g/mol. The molecule has 2 aromatic heterocycles. The monoisotopic (exact) mass is 277 g/mol. The van der Waals surface area contributed by atoms with Crippen LogP contribution in [0.25, 0.3) is 0 Å². The molecule has 0 aliphatic carbocycles. The van der Waals surface area contributed by atoms with Crippen LogP contribution in [0.5, 0.6) is 0 Å². The van der Waals surface area contributed by atoms with Crippen LogP contribution in [0.3, 0.4) is 0 Å². The molecule has 8 nitrogen and oxygen atoms in total. The number of aromatic nitrogens is 5. The zero-order chi connectivity index (χ0) is 14.5. The average Bonchev–Trinajstić information content (AvgIpc) is 3.10. The molecular formula is C12H19N7O. The number of oxime groups is 1. The maximum Gasteiger partial charge on any atom is 0.219 e. The van der Waals surface area contributed by atoms with E-state index >= 15 is 0 Å². The minimum Gasteiger partial charge on any atom is -0.409 e. The first-order valence-electron chi connectivity index (χ1n) is 6.59. The van der Waals surface area contributed by atoms with Crippen molar-refractivity contribution in [2.24, 2.45) is 10.9 Å². The molecule has 0 unspecified atom stereocenters. The molecule has 20 heavy (non-hydrogen) atoms. The van der Waals surface area contributed by atoms with Gasteiger partial charge >= 0.3 is 0 Å². The SMILES string of the molecule is CCC(CC)n1ccc(Cn2cnc(C(N)=NO)n2)n1. The molecule has 8 heteroatoms. The first-order valence-corrected chi connectivity index (χ1v) is 6.59. The Bertz CT molecular complexity index is 582. The summed E-state index contributed by atoms with van der Waals surface area (Å²) in [6.07, 6.45) is 5.61. The standard InChI is InChI=1S/C12H19N7O/c1-3-10(4-2)19-6-5-9(15-19)7-18-8-14-12(16-18)11(13)17-20/h5-6,8,10,20H,3-4,7H2,1-2H3,(H2,13,17). The highest BCUT2D eigenvalue weighted by Gasteiger charge is 2.10. The number of hydrogen-bond donors (Lipinski definition) is 2. The first-order chi connectivity index (χ1) is 9.67. The lowest BCUT2D eigenvalue weighted by Gasteiger charge is -2.12. The van der Waals surface area contributed by atoms with Crippen molar-refractivity contribution in [3.63, 3.8) is 0 Å². The molecule has 0 aliphatic rings. The van der Waals surface area contributed by atoms with Gasteiger partial charge in [0.25, 0.3) is 0 Å². The number of nitrogens with zero attached hydrogens (tertiary/aromatic N) is 6. The van der Waals surface area contributed by atoms with Crippen molar-refractivity contribution in [2.45, 2.75) is 39.3 Å². The molecular weight excluding hydrogens is 258 g/mol. The van der Waals surface area contributed by atoms with E-state index in [2.05, 4.69) is 34.2 Å². The molecule has 0 saturated carbocycles. The molecule has 0 aliphatic heterocycles. The summed E-state index contributed by atoms with van der Waals surface area (Å²) in [5, 5.41) is 20.1. The third kappa shape index (κ3) is 2.95. The minimum atomic E-state index is -0.105. The highest BCUT2D eigenvalue weighted by atomic mass is 16.4. The Morgan fingerprint density at radius 3 is 2.80 bits per heavy atom.